The molecule has 1 saturated heterocycles. The van der Waals surface area contributed by atoms with Crippen LogP contribution >= 0.6 is 23.2 Å². The Labute approximate surface area is 175 Å². The van der Waals surface area contributed by atoms with Crippen LogP contribution in [0.1, 0.15) is 35.7 Å². The highest BCUT2D eigenvalue weighted by atomic mass is 35.5. The van der Waals surface area contributed by atoms with Crippen LogP contribution in [0.15, 0.2) is 30.3 Å². The van der Waals surface area contributed by atoms with Gasteiger partial charge in [-0.1, -0.05) is 37.0 Å². The predicted molar refractivity (Wildman–Crippen MR) is 110 cm³/mol. The molecule has 0 radical (unpaired) electrons. The summed E-state index contributed by atoms with van der Waals surface area (Å²) in [6.45, 7) is 6.25. The van der Waals surface area contributed by atoms with Crippen LogP contribution in [0.25, 0.3) is 0 Å². The van der Waals surface area contributed by atoms with Crippen molar-refractivity contribution in [2.24, 2.45) is 0 Å². The monoisotopic (exact) mass is 423 g/mol. The van der Waals surface area contributed by atoms with Crippen LogP contribution in [0.4, 0.5) is 0 Å². The maximum absolute atomic E-state index is 12.8. The molecule has 0 atom stereocenters. The Kier molecular flexibility index (Phi) is 6.70. The van der Waals surface area contributed by atoms with Crippen LogP contribution in [0.5, 0.6) is 17.2 Å². The van der Waals surface area contributed by atoms with Gasteiger partial charge in [-0.05, 0) is 36.2 Å². The van der Waals surface area contributed by atoms with E-state index in [0.717, 1.165) is 11.3 Å². The van der Waals surface area contributed by atoms with Crippen molar-refractivity contribution in [1.29, 1.82) is 0 Å². The smallest absolute Gasteiger partial charge is 0.255 e. The Morgan fingerprint density at radius 2 is 1.86 bits per heavy atom. The van der Waals surface area contributed by atoms with Crippen molar-refractivity contribution < 1.29 is 19.0 Å². The molecule has 2 aromatic carbocycles. The van der Waals surface area contributed by atoms with E-state index in [4.69, 9.17) is 37.4 Å². The summed E-state index contributed by atoms with van der Waals surface area (Å²) in [4.78, 5) is 14.5. The summed E-state index contributed by atoms with van der Waals surface area (Å²) in [5.41, 5.74) is 1.37. The fourth-order valence-corrected chi connectivity index (χ4v) is 3.60. The Morgan fingerprint density at radius 1 is 1.14 bits per heavy atom. The number of hydrogen-bond donors (Lipinski definition) is 0. The maximum atomic E-state index is 12.8. The quantitative estimate of drug-likeness (QED) is 0.646. The lowest BCUT2D eigenvalue weighted by Gasteiger charge is -2.27. The van der Waals surface area contributed by atoms with Crippen molar-refractivity contribution >= 4 is 29.1 Å². The van der Waals surface area contributed by atoms with Gasteiger partial charge < -0.3 is 19.1 Å². The van der Waals surface area contributed by atoms with E-state index >= 15 is 0 Å². The van der Waals surface area contributed by atoms with Crippen LogP contribution in [0, 0.1) is 0 Å². The first-order valence-corrected chi connectivity index (χ1v) is 9.88. The second-order valence-corrected chi connectivity index (χ2v) is 7.59. The summed E-state index contributed by atoms with van der Waals surface area (Å²) in [7, 11) is 1.64. The fourth-order valence-electron chi connectivity index (χ4n) is 3.07. The summed E-state index contributed by atoms with van der Waals surface area (Å²) < 4.78 is 16.7. The van der Waals surface area contributed by atoms with E-state index in [1.165, 1.54) is 0 Å². The molecule has 0 aliphatic carbocycles. The summed E-state index contributed by atoms with van der Waals surface area (Å²) in [6.07, 6.45) is 0. The minimum Gasteiger partial charge on any atom is -0.496 e. The van der Waals surface area contributed by atoms with E-state index in [1.54, 1.807) is 30.2 Å². The van der Waals surface area contributed by atoms with Gasteiger partial charge in [-0.25, -0.2) is 0 Å². The summed E-state index contributed by atoms with van der Waals surface area (Å²) in [5, 5.41) is 0.538. The van der Waals surface area contributed by atoms with Crippen molar-refractivity contribution in [3.8, 4) is 17.2 Å². The number of nitrogens with zero attached hydrogens (tertiary/aromatic N) is 1. The summed E-state index contributed by atoms with van der Waals surface area (Å²) >= 11 is 12.8. The highest BCUT2D eigenvalue weighted by molar-refractivity contribution is 6.39. The Hall–Kier alpha value is -1.95. The number of benzene rings is 2. The minimum absolute atomic E-state index is 0.160. The third-order valence-corrected chi connectivity index (χ3v) is 5.29. The molecule has 1 heterocycles. The van der Waals surface area contributed by atoms with Crippen molar-refractivity contribution in [1.82, 2.24) is 4.90 Å². The number of carbonyl (C=O) groups excluding carboxylic acids is 1. The molecular formula is C21H23Cl2NO4. The van der Waals surface area contributed by atoms with E-state index in [9.17, 15) is 4.79 Å². The first-order chi connectivity index (χ1) is 13.4. The molecular weight excluding hydrogens is 401 g/mol. The number of ether oxygens (including phenoxy) is 3. The van der Waals surface area contributed by atoms with Gasteiger partial charge in [0.1, 0.15) is 11.5 Å². The lowest BCUT2D eigenvalue weighted by Crippen LogP contribution is -2.40. The third-order valence-electron chi connectivity index (χ3n) is 4.62. The molecule has 0 aromatic heterocycles. The van der Waals surface area contributed by atoms with Gasteiger partial charge in [-0.2, -0.15) is 0 Å². The molecule has 150 valence electrons. The molecule has 1 aliphatic rings. The second kappa shape index (κ2) is 9.03. The number of morpholine rings is 1. The molecule has 0 saturated carbocycles. The number of carbonyl (C=O) groups is 1. The maximum Gasteiger partial charge on any atom is 0.255 e. The first-order valence-electron chi connectivity index (χ1n) is 9.13. The van der Waals surface area contributed by atoms with Crippen molar-refractivity contribution in [2.75, 3.05) is 33.4 Å². The fraction of sp³-hybridized carbons (Fsp3) is 0.381. The molecule has 1 amide bonds. The minimum atomic E-state index is -0.160. The van der Waals surface area contributed by atoms with E-state index in [0.29, 0.717) is 42.6 Å². The van der Waals surface area contributed by atoms with Gasteiger partial charge in [-0.3, -0.25) is 4.79 Å². The third kappa shape index (κ3) is 4.37. The van der Waals surface area contributed by atoms with E-state index in [2.05, 4.69) is 13.8 Å². The Morgan fingerprint density at radius 3 is 2.50 bits per heavy atom. The Bertz CT molecular complexity index is 864. The van der Waals surface area contributed by atoms with Gasteiger partial charge >= 0.3 is 0 Å². The zero-order valence-corrected chi connectivity index (χ0v) is 17.6. The second-order valence-electron chi connectivity index (χ2n) is 6.80. The topological polar surface area (TPSA) is 48.0 Å². The van der Waals surface area contributed by atoms with Crippen LogP contribution in [-0.4, -0.2) is 44.2 Å². The summed E-state index contributed by atoms with van der Waals surface area (Å²) in [5.74, 6) is 1.72. The highest BCUT2D eigenvalue weighted by Gasteiger charge is 2.24. The van der Waals surface area contributed by atoms with Crippen LogP contribution in [0.3, 0.4) is 0 Å². The molecule has 5 nitrogen and oxygen atoms in total. The van der Waals surface area contributed by atoms with Crippen LogP contribution < -0.4 is 9.47 Å². The Balaban J connectivity index is 1.92. The largest absolute Gasteiger partial charge is 0.496 e. The molecule has 1 aliphatic heterocycles. The van der Waals surface area contributed by atoms with Gasteiger partial charge in [-0.15, -0.1) is 0 Å². The SMILES string of the molecule is COc1ccc(Oc2c(Cl)ccc(C(=O)N3CCOCC3)c2Cl)cc1C(C)C. The molecule has 0 unspecified atom stereocenters. The molecule has 28 heavy (non-hydrogen) atoms. The molecule has 3 rings (SSSR count). The van der Waals surface area contributed by atoms with Gasteiger partial charge in [0.15, 0.2) is 5.75 Å². The number of amides is 1. The van der Waals surface area contributed by atoms with E-state index in [1.807, 2.05) is 12.1 Å². The van der Waals surface area contributed by atoms with E-state index < -0.39 is 0 Å². The lowest BCUT2D eigenvalue weighted by molar-refractivity contribution is 0.0303. The normalized spacial score (nSPS) is 14.3. The summed E-state index contributed by atoms with van der Waals surface area (Å²) in [6, 6.07) is 8.78. The van der Waals surface area contributed by atoms with Crippen LogP contribution in [-0.2, 0) is 4.74 Å². The molecule has 0 spiro atoms. The van der Waals surface area contributed by atoms with Gasteiger partial charge in [0, 0.05) is 18.7 Å². The average Bonchev–Trinajstić information content (AvgIpc) is 2.71. The average molecular weight is 424 g/mol. The molecule has 7 heteroatoms. The molecule has 1 fully saturated rings. The van der Waals surface area contributed by atoms with Crippen molar-refractivity contribution in [3.63, 3.8) is 0 Å². The zero-order valence-electron chi connectivity index (χ0n) is 16.1. The molecule has 0 N–H and O–H groups in total. The van der Waals surface area contributed by atoms with Crippen LogP contribution in [0.2, 0.25) is 10.0 Å². The predicted octanol–water partition coefficient (Wildman–Crippen LogP) is 5.39. The standard InChI is InChI=1S/C21H23Cl2NO4/c1-13(2)16-12-14(4-7-18(16)26-3)28-20-17(22)6-5-15(19(20)23)21(25)24-8-10-27-11-9-24/h4-7,12-13H,8-11H2,1-3H3. The number of methoxy groups -OCH3 is 1. The van der Waals surface area contributed by atoms with Crippen molar-refractivity contribution in [3.05, 3.63) is 51.5 Å². The number of rotatable bonds is 5. The van der Waals surface area contributed by atoms with E-state index in [-0.39, 0.29) is 22.6 Å². The number of hydrogen-bond acceptors (Lipinski definition) is 4. The lowest BCUT2D eigenvalue weighted by atomic mass is 10.0. The first kappa shape index (κ1) is 20.8. The number of halogens is 2. The highest BCUT2D eigenvalue weighted by Crippen LogP contribution is 2.40. The van der Waals surface area contributed by atoms with Crippen molar-refractivity contribution in [2.45, 2.75) is 19.8 Å². The zero-order chi connectivity index (χ0) is 20.3. The van der Waals surface area contributed by atoms with Gasteiger partial charge in [0.05, 0.1) is 35.9 Å². The molecule has 2 aromatic rings. The molecule has 0 bridgehead atoms. The van der Waals surface area contributed by atoms with Gasteiger partial charge in [0.2, 0.25) is 0 Å². The van der Waals surface area contributed by atoms with Gasteiger partial charge in [0.25, 0.3) is 5.91 Å².